The Labute approximate surface area is 199 Å². The third-order valence-corrected chi connectivity index (χ3v) is 6.63. The highest BCUT2D eigenvalue weighted by Crippen LogP contribution is 2.38. The molecule has 0 spiro atoms. The van der Waals surface area contributed by atoms with Crippen molar-refractivity contribution >= 4 is 17.6 Å². The van der Waals surface area contributed by atoms with E-state index in [4.69, 9.17) is 24.5 Å². The first kappa shape index (κ1) is 25.5. The summed E-state index contributed by atoms with van der Waals surface area (Å²) in [6.45, 7) is 6.69. The summed E-state index contributed by atoms with van der Waals surface area (Å²) >= 11 is 0. The SMILES string of the molecule is COc1ccc2c(c1C)N(C1CCN(CCc3ccc(F)cc3)CC1)CCC2.O=C(O)C(=O)O. The zero-order valence-corrected chi connectivity index (χ0v) is 19.8. The molecule has 2 aromatic rings. The van der Waals surface area contributed by atoms with Gasteiger partial charge in [-0.15, -0.1) is 0 Å². The fraction of sp³-hybridized carbons (Fsp3) is 0.462. The highest BCUT2D eigenvalue weighted by molar-refractivity contribution is 6.27. The number of nitrogens with zero attached hydrogens (tertiary/aromatic N) is 2. The van der Waals surface area contributed by atoms with Gasteiger partial charge in [0.2, 0.25) is 0 Å². The van der Waals surface area contributed by atoms with Crippen LogP contribution in [0, 0.1) is 12.7 Å². The van der Waals surface area contributed by atoms with Gasteiger partial charge in [0.25, 0.3) is 0 Å². The van der Waals surface area contributed by atoms with Crippen molar-refractivity contribution in [3.05, 3.63) is 58.9 Å². The molecule has 1 fully saturated rings. The molecular weight excluding hydrogens is 439 g/mol. The number of carbonyl (C=O) groups is 2. The number of aliphatic carboxylic acids is 2. The van der Waals surface area contributed by atoms with E-state index in [0.717, 1.165) is 38.3 Å². The summed E-state index contributed by atoms with van der Waals surface area (Å²) < 4.78 is 18.6. The maximum absolute atomic E-state index is 13.1. The lowest BCUT2D eigenvalue weighted by Crippen LogP contribution is -2.47. The van der Waals surface area contributed by atoms with Crippen LogP contribution in [-0.4, -0.2) is 66.4 Å². The molecule has 0 amide bonds. The van der Waals surface area contributed by atoms with Gasteiger partial charge < -0.3 is 24.7 Å². The Kier molecular flexibility index (Phi) is 8.87. The largest absolute Gasteiger partial charge is 0.496 e. The molecule has 2 N–H and O–H groups in total. The Morgan fingerprint density at radius 2 is 1.68 bits per heavy atom. The molecule has 7 nitrogen and oxygen atoms in total. The van der Waals surface area contributed by atoms with Gasteiger partial charge >= 0.3 is 11.9 Å². The van der Waals surface area contributed by atoms with Crippen LogP contribution < -0.4 is 9.64 Å². The summed E-state index contributed by atoms with van der Waals surface area (Å²) in [5, 5.41) is 14.8. The van der Waals surface area contributed by atoms with Gasteiger partial charge in [-0.1, -0.05) is 18.2 Å². The number of hydrogen-bond acceptors (Lipinski definition) is 5. The van der Waals surface area contributed by atoms with E-state index in [2.05, 4.69) is 28.9 Å². The number of rotatable bonds is 5. The Hall–Kier alpha value is -3.13. The molecule has 184 valence electrons. The summed E-state index contributed by atoms with van der Waals surface area (Å²) in [5.74, 6) is -2.80. The first-order chi connectivity index (χ1) is 16.3. The van der Waals surface area contributed by atoms with Crippen LogP contribution in [0.5, 0.6) is 5.75 Å². The molecule has 2 aliphatic heterocycles. The number of carboxylic acid groups (broad SMARTS) is 2. The van der Waals surface area contributed by atoms with E-state index in [1.54, 1.807) is 19.2 Å². The quantitative estimate of drug-likeness (QED) is 0.641. The molecule has 0 aliphatic carbocycles. The Morgan fingerprint density at radius 3 is 2.26 bits per heavy atom. The molecule has 4 rings (SSSR count). The van der Waals surface area contributed by atoms with Crippen molar-refractivity contribution in [2.75, 3.05) is 38.2 Å². The Bertz CT molecular complexity index is 975. The highest BCUT2D eigenvalue weighted by atomic mass is 19.1. The summed E-state index contributed by atoms with van der Waals surface area (Å²) in [4.78, 5) is 23.4. The van der Waals surface area contributed by atoms with Gasteiger partial charge in [0.15, 0.2) is 0 Å². The van der Waals surface area contributed by atoms with Gasteiger partial charge in [-0.3, -0.25) is 0 Å². The van der Waals surface area contributed by atoms with Gasteiger partial charge in [0.05, 0.1) is 7.11 Å². The zero-order valence-electron chi connectivity index (χ0n) is 19.8. The lowest BCUT2D eigenvalue weighted by Gasteiger charge is -2.43. The molecular formula is C26H33FN2O5. The molecule has 2 aliphatic rings. The van der Waals surface area contributed by atoms with Gasteiger partial charge in [-0.25, -0.2) is 14.0 Å². The van der Waals surface area contributed by atoms with Gasteiger partial charge in [-0.05, 0) is 68.4 Å². The minimum atomic E-state index is -1.82. The fourth-order valence-electron chi connectivity index (χ4n) is 4.87. The van der Waals surface area contributed by atoms with Crippen molar-refractivity contribution in [2.24, 2.45) is 0 Å². The Morgan fingerprint density at radius 1 is 1.03 bits per heavy atom. The van der Waals surface area contributed by atoms with Crippen LogP contribution in [0.15, 0.2) is 36.4 Å². The maximum Gasteiger partial charge on any atom is 0.414 e. The van der Waals surface area contributed by atoms with Gasteiger partial charge in [0.1, 0.15) is 11.6 Å². The third-order valence-electron chi connectivity index (χ3n) is 6.63. The topological polar surface area (TPSA) is 90.3 Å². The molecule has 1 saturated heterocycles. The number of likely N-dealkylation sites (tertiary alicyclic amines) is 1. The van der Waals surface area contributed by atoms with Crippen LogP contribution in [0.3, 0.4) is 0 Å². The average molecular weight is 473 g/mol. The van der Waals surface area contributed by atoms with Crippen LogP contribution >= 0.6 is 0 Å². The number of aryl methyl sites for hydroxylation is 1. The van der Waals surface area contributed by atoms with Gasteiger partial charge in [0, 0.05) is 43.5 Å². The normalized spacial score (nSPS) is 16.3. The van der Waals surface area contributed by atoms with Crippen molar-refractivity contribution in [1.82, 2.24) is 4.90 Å². The second kappa shape index (κ2) is 11.8. The second-order valence-corrected chi connectivity index (χ2v) is 8.76. The van der Waals surface area contributed by atoms with Crippen molar-refractivity contribution < 1.29 is 28.9 Å². The fourth-order valence-corrected chi connectivity index (χ4v) is 4.87. The molecule has 2 aromatic carbocycles. The monoisotopic (exact) mass is 472 g/mol. The maximum atomic E-state index is 13.1. The van der Waals surface area contributed by atoms with Crippen LogP contribution in [0.4, 0.5) is 10.1 Å². The van der Waals surface area contributed by atoms with E-state index >= 15 is 0 Å². The van der Waals surface area contributed by atoms with E-state index in [9.17, 15) is 4.39 Å². The predicted molar refractivity (Wildman–Crippen MR) is 128 cm³/mol. The zero-order chi connectivity index (χ0) is 24.7. The molecule has 34 heavy (non-hydrogen) atoms. The summed E-state index contributed by atoms with van der Waals surface area (Å²) in [6.07, 6.45) is 5.82. The van der Waals surface area contributed by atoms with Crippen molar-refractivity contribution in [3.63, 3.8) is 0 Å². The second-order valence-electron chi connectivity index (χ2n) is 8.76. The average Bonchev–Trinajstić information content (AvgIpc) is 2.84. The standard InChI is InChI=1S/C24H31FN2O.C2H2O4/c1-18-23(28-2)10-7-20-4-3-14-27(24(18)20)22-12-16-26(17-13-22)15-11-19-5-8-21(25)9-6-19;3-1(4)2(5)6/h5-10,22H,3-4,11-17H2,1-2H3;(H,3,4)(H,5,6). The van der Waals surface area contributed by atoms with Crippen LogP contribution in [0.25, 0.3) is 0 Å². The number of fused-ring (bicyclic) bond motifs is 1. The molecule has 2 heterocycles. The van der Waals surface area contributed by atoms with E-state index in [0.29, 0.717) is 6.04 Å². The smallest absolute Gasteiger partial charge is 0.414 e. The van der Waals surface area contributed by atoms with E-state index < -0.39 is 11.9 Å². The summed E-state index contributed by atoms with van der Waals surface area (Å²) in [6, 6.07) is 11.9. The van der Waals surface area contributed by atoms with Crippen molar-refractivity contribution in [2.45, 2.75) is 45.1 Å². The third kappa shape index (κ3) is 6.47. The number of ether oxygens (including phenoxy) is 1. The lowest BCUT2D eigenvalue weighted by molar-refractivity contribution is -0.159. The van der Waals surface area contributed by atoms with Crippen molar-refractivity contribution in [1.29, 1.82) is 0 Å². The lowest BCUT2D eigenvalue weighted by atomic mass is 9.93. The summed E-state index contributed by atoms with van der Waals surface area (Å²) in [5.41, 5.74) is 5.41. The number of benzene rings is 2. The number of carboxylic acids is 2. The van der Waals surface area contributed by atoms with Crippen molar-refractivity contribution in [3.8, 4) is 5.75 Å². The molecule has 0 aromatic heterocycles. The highest BCUT2D eigenvalue weighted by Gasteiger charge is 2.29. The van der Waals surface area contributed by atoms with Crippen LogP contribution in [0.1, 0.15) is 36.0 Å². The molecule has 0 saturated carbocycles. The molecule has 0 bridgehead atoms. The van der Waals surface area contributed by atoms with Gasteiger partial charge in [-0.2, -0.15) is 0 Å². The molecule has 0 unspecified atom stereocenters. The molecule has 8 heteroatoms. The minimum Gasteiger partial charge on any atom is -0.496 e. The van der Waals surface area contributed by atoms with E-state index in [1.807, 2.05) is 12.1 Å². The number of halogens is 1. The number of piperidine rings is 1. The van der Waals surface area contributed by atoms with Crippen LogP contribution in [0.2, 0.25) is 0 Å². The first-order valence-electron chi connectivity index (χ1n) is 11.7. The van der Waals surface area contributed by atoms with E-state index in [-0.39, 0.29) is 5.82 Å². The first-order valence-corrected chi connectivity index (χ1v) is 11.7. The molecule has 0 radical (unpaired) electrons. The minimum absolute atomic E-state index is 0.154. The Balaban J connectivity index is 0.000000481. The number of hydrogen-bond donors (Lipinski definition) is 2. The summed E-state index contributed by atoms with van der Waals surface area (Å²) in [7, 11) is 1.77. The number of anilines is 1. The number of methoxy groups -OCH3 is 1. The molecule has 0 atom stereocenters. The van der Waals surface area contributed by atoms with Crippen LogP contribution in [-0.2, 0) is 22.4 Å². The van der Waals surface area contributed by atoms with E-state index in [1.165, 1.54) is 48.1 Å². The predicted octanol–water partition coefficient (Wildman–Crippen LogP) is 3.76.